The first-order valence-electron chi connectivity index (χ1n) is 9.13. The molecule has 0 saturated heterocycles. The van der Waals surface area contributed by atoms with E-state index in [-0.39, 0.29) is 17.5 Å². The molecule has 3 aromatic rings. The molecule has 2 heterocycles. The van der Waals surface area contributed by atoms with Crippen LogP contribution in [0, 0.1) is 5.82 Å². The average Bonchev–Trinajstić information content (AvgIpc) is 3.36. The third-order valence-corrected chi connectivity index (χ3v) is 5.19. The van der Waals surface area contributed by atoms with Crippen LogP contribution in [-0.4, -0.2) is 29.9 Å². The number of carbonyl (C=O) groups is 2. The first-order chi connectivity index (χ1) is 14.9. The fourth-order valence-corrected chi connectivity index (χ4v) is 3.71. The fraction of sp³-hybridized carbons (Fsp3) is 0.0909. The zero-order valence-electron chi connectivity index (χ0n) is 16.5. The van der Waals surface area contributed by atoms with Crippen molar-refractivity contribution in [3.8, 4) is 5.75 Å². The molecule has 9 heteroatoms. The maximum absolute atomic E-state index is 13.1. The van der Waals surface area contributed by atoms with Crippen molar-refractivity contribution >= 4 is 46.0 Å². The Hall–Kier alpha value is -3.85. The van der Waals surface area contributed by atoms with Gasteiger partial charge < -0.3 is 9.47 Å². The highest BCUT2D eigenvalue weighted by molar-refractivity contribution is 7.14. The van der Waals surface area contributed by atoms with Crippen molar-refractivity contribution in [2.45, 2.75) is 6.92 Å². The van der Waals surface area contributed by atoms with Gasteiger partial charge in [-0.15, -0.1) is 11.3 Å². The first-order valence-corrected chi connectivity index (χ1v) is 10.0. The Morgan fingerprint density at radius 3 is 2.52 bits per heavy atom. The van der Waals surface area contributed by atoms with E-state index in [2.05, 4.69) is 9.98 Å². The van der Waals surface area contributed by atoms with Crippen LogP contribution < -0.4 is 9.64 Å². The van der Waals surface area contributed by atoms with Crippen LogP contribution in [0.2, 0.25) is 0 Å². The number of thiazole rings is 1. The molecule has 1 aromatic heterocycles. The second-order valence-corrected chi connectivity index (χ2v) is 7.29. The van der Waals surface area contributed by atoms with Crippen LogP contribution >= 0.6 is 11.3 Å². The van der Waals surface area contributed by atoms with Gasteiger partial charge in [-0.1, -0.05) is 0 Å². The third-order valence-electron chi connectivity index (χ3n) is 4.34. The maximum Gasteiger partial charge on any atom is 0.363 e. The number of aliphatic imine (C=N–C) groups is 1. The minimum Gasteiger partial charge on any atom is -0.497 e. The predicted octanol–water partition coefficient (Wildman–Crippen LogP) is 4.32. The number of methoxy groups -OCH3 is 1. The van der Waals surface area contributed by atoms with E-state index in [9.17, 15) is 14.0 Å². The predicted molar refractivity (Wildman–Crippen MR) is 115 cm³/mol. The van der Waals surface area contributed by atoms with Gasteiger partial charge in [0, 0.05) is 17.9 Å². The number of hydrogen-bond acceptors (Lipinski definition) is 7. The molecule has 1 aliphatic heterocycles. The van der Waals surface area contributed by atoms with Gasteiger partial charge in [0.15, 0.2) is 10.8 Å². The van der Waals surface area contributed by atoms with Crippen LogP contribution in [0.1, 0.15) is 18.2 Å². The van der Waals surface area contributed by atoms with Crippen molar-refractivity contribution in [2.24, 2.45) is 4.99 Å². The molecule has 7 nitrogen and oxygen atoms in total. The van der Waals surface area contributed by atoms with Gasteiger partial charge in [0.05, 0.1) is 18.5 Å². The summed E-state index contributed by atoms with van der Waals surface area (Å²) in [4.78, 5) is 34.5. The number of rotatable bonds is 5. The van der Waals surface area contributed by atoms with Crippen LogP contribution in [0.4, 0.5) is 15.2 Å². The number of carbonyl (C=O) groups excluding carboxylic acids is 2. The molecule has 31 heavy (non-hydrogen) atoms. The Bertz CT molecular complexity index is 1200. The molecule has 0 fully saturated rings. The summed E-state index contributed by atoms with van der Waals surface area (Å²) >= 11 is 1.25. The fourth-order valence-electron chi connectivity index (χ4n) is 2.87. The Morgan fingerprint density at radius 2 is 1.87 bits per heavy atom. The van der Waals surface area contributed by atoms with Crippen molar-refractivity contribution in [3.05, 3.63) is 76.7 Å². The highest BCUT2D eigenvalue weighted by atomic mass is 32.1. The number of nitrogens with zero attached hydrogens (tertiary/aromatic N) is 3. The highest BCUT2D eigenvalue weighted by Gasteiger charge is 2.25. The van der Waals surface area contributed by atoms with E-state index < -0.39 is 11.8 Å². The summed E-state index contributed by atoms with van der Waals surface area (Å²) in [6, 6.07) is 12.5. The SMILES string of the molecule is COc1ccc(N(C(C)=O)c2nc(/C=C3\N=C(c4ccc(F)cc4)OC3=O)cs2)cc1. The van der Waals surface area contributed by atoms with Gasteiger partial charge in [-0.25, -0.2) is 19.2 Å². The average molecular weight is 437 g/mol. The zero-order valence-corrected chi connectivity index (χ0v) is 17.4. The van der Waals surface area contributed by atoms with E-state index >= 15 is 0 Å². The van der Waals surface area contributed by atoms with E-state index in [1.54, 1.807) is 36.8 Å². The van der Waals surface area contributed by atoms with E-state index in [4.69, 9.17) is 9.47 Å². The third kappa shape index (κ3) is 4.36. The number of hydrogen-bond donors (Lipinski definition) is 0. The topological polar surface area (TPSA) is 81.1 Å². The van der Waals surface area contributed by atoms with Crippen molar-refractivity contribution < 1.29 is 23.5 Å². The lowest BCUT2D eigenvalue weighted by Crippen LogP contribution is -2.22. The largest absolute Gasteiger partial charge is 0.497 e. The molecule has 0 aliphatic carbocycles. The second kappa shape index (κ2) is 8.49. The lowest BCUT2D eigenvalue weighted by molar-refractivity contribution is -0.130. The molecule has 0 spiro atoms. The van der Waals surface area contributed by atoms with E-state index in [1.807, 2.05) is 0 Å². The number of benzene rings is 2. The van der Waals surface area contributed by atoms with E-state index in [0.29, 0.717) is 27.8 Å². The molecule has 0 unspecified atom stereocenters. The molecule has 0 saturated carbocycles. The van der Waals surface area contributed by atoms with Crippen LogP contribution in [0.25, 0.3) is 6.08 Å². The molecule has 2 aromatic carbocycles. The maximum atomic E-state index is 13.1. The van der Waals surface area contributed by atoms with Gasteiger partial charge in [0.2, 0.25) is 11.8 Å². The standard InChI is InChI=1S/C22H16FN3O4S/c1-13(27)26(17-7-9-18(29-2)10-8-17)22-24-16(12-31-22)11-19-21(28)30-20(25-19)14-3-5-15(23)6-4-14/h3-12H,1-2H3/b19-11-. The Labute approximate surface area is 181 Å². The van der Waals surface area contributed by atoms with Crippen molar-refractivity contribution in [1.29, 1.82) is 0 Å². The molecule has 1 aliphatic rings. The molecule has 156 valence electrons. The quantitative estimate of drug-likeness (QED) is 0.439. The normalized spacial score (nSPS) is 14.4. The van der Waals surface area contributed by atoms with Crippen molar-refractivity contribution in [1.82, 2.24) is 4.98 Å². The molecule has 0 N–H and O–H groups in total. The summed E-state index contributed by atoms with van der Waals surface area (Å²) < 4.78 is 23.4. The summed E-state index contributed by atoms with van der Waals surface area (Å²) in [5, 5.41) is 2.15. The van der Waals surface area contributed by atoms with Crippen LogP contribution in [0.15, 0.2) is 64.6 Å². The van der Waals surface area contributed by atoms with Gasteiger partial charge >= 0.3 is 5.97 Å². The van der Waals surface area contributed by atoms with Gasteiger partial charge in [0.1, 0.15) is 11.6 Å². The summed E-state index contributed by atoms with van der Waals surface area (Å²) in [6.45, 7) is 1.44. The number of anilines is 2. The van der Waals surface area contributed by atoms with Gasteiger partial charge in [-0.2, -0.15) is 0 Å². The second-order valence-electron chi connectivity index (χ2n) is 6.45. The Balaban J connectivity index is 1.61. The van der Waals surface area contributed by atoms with Crippen LogP contribution in [0.5, 0.6) is 5.75 Å². The van der Waals surface area contributed by atoms with Crippen LogP contribution in [-0.2, 0) is 14.3 Å². The lowest BCUT2D eigenvalue weighted by Gasteiger charge is -2.18. The first kappa shape index (κ1) is 20.4. The molecule has 0 bridgehead atoms. The minimum absolute atomic E-state index is 0.0648. The van der Waals surface area contributed by atoms with Gasteiger partial charge in [-0.05, 0) is 54.6 Å². The number of halogens is 1. The number of cyclic esters (lactones) is 1. The number of esters is 1. The molecule has 1 amide bonds. The summed E-state index contributed by atoms with van der Waals surface area (Å²) in [7, 11) is 1.57. The van der Waals surface area contributed by atoms with Gasteiger partial charge in [-0.3, -0.25) is 9.69 Å². The summed E-state index contributed by atoms with van der Waals surface area (Å²) in [5.41, 5.74) is 1.64. The molecule has 0 atom stereocenters. The summed E-state index contributed by atoms with van der Waals surface area (Å²) in [6.07, 6.45) is 1.48. The molecule has 0 radical (unpaired) electrons. The molecular formula is C22H16FN3O4S. The smallest absolute Gasteiger partial charge is 0.363 e. The van der Waals surface area contributed by atoms with Crippen molar-refractivity contribution in [3.63, 3.8) is 0 Å². The van der Waals surface area contributed by atoms with Gasteiger partial charge in [0.25, 0.3) is 0 Å². The molecule has 4 rings (SSSR count). The number of aromatic nitrogens is 1. The monoisotopic (exact) mass is 437 g/mol. The van der Waals surface area contributed by atoms with E-state index in [0.717, 1.165) is 0 Å². The zero-order chi connectivity index (χ0) is 22.0. The highest BCUT2D eigenvalue weighted by Crippen LogP contribution is 2.31. The Kier molecular flexibility index (Phi) is 5.59. The van der Waals surface area contributed by atoms with Crippen molar-refractivity contribution in [2.75, 3.05) is 12.0 Å². The summed E-state index contributed by atoms with van der Waals surface area (Å²) in [5.74, 6) is -0.476. The Morgan fingerprint density at radius 1 is 1.16 bits per heavy atom. The molecular weight excluding hydrogens is 421 g/mol. The van der Waals surface area contributed by atoms with E-state index in [1.165, 1.54) is 53.5 Å². The van der Waals surface area contributed by atoms with Crippen LogP contribution in [0.3, 0.4) is 0 Å². The number of ether oxygens (including phenoxy) is 2. The lowest BCUT2D eigenvalue weighted by atomic mass is 10.2. The number of amides is 1. The minimum atomic E-state index is -0.632.